The predicted octanol–water partition coefficient (Wildman–Crippen LogP) is 3.11. The summed E-state index contributed by atoms with van der Waals surface area (Å²) in [5.74, 6) is 0.423. The fourth-order valence-corrected chi connectivity index (χ4v) is 4.13. The van der Waals surface area contributed by atoms with Crippen molar-refractivity contribution >= 4 is 27.8 Å². The molecule has 0 saturated carbocycles. The molecule has 0 aliphatic heterocycles. The largest absolute Gasteiger partial charge is 0.493 e. The van der Waals surface area contributed by atoms with E-state index >= 15 is 0 Å². The van der Waals surface area contributed by atoms with E-state index in [0.29, 0.717) is 22.7 Å². The lowest BCUT2D eigenvalue weighted by atomic mass is 10.2. The van der Waals surface area contributed by atoms with Crippen LogP contribution in [0.15, 0.2) is 53.4 Å². The van der Waals surface area contributed by atoms with Crippen LogP contribution >= 0.6 is 0 Å². The molecule has 0 heterocycles. The van der Waals surface area contributed by atoms with Crippen LogP contribution in [0.5, 0.6) is 11.5 Å². The van der Waals surface area contributed by atoms with Crippen LogP contribution < -0.4 is 13.8 Å². The fourth-order valence-electron chi connectivity index (χ4n) is 2.61. The van der Waals surface area contributed by atoms with Crippen LogP contribution in [0.4, 0.5) is 5.69 Å². The predicted molar refractivity (Wildman–Crippen MR) is 107 cm³/mol. The molecule has 0 aromatic heterocycles. The van der Waals surface area contributed by atoms with Crippen molar-refractivity contribution in [2.24, 2.45) is 0 Å². The van der Waals surface area contributed by atoms with Crippen LogP contribution in [-0.4, -0.2) is 42.3 Å². The van der Waals surface area contributed by atoms with E-state index in [4.69, 9.17) is 9.47 Å². The number of carbonyl (C=O) groups is 1. The van der Waals surface area contributed by atoms with Crippen molar-refractivity contribution in [3.63, 3.8) is 0 Å². The molecule has 2 aromatic rings. The van der Waals surface area contributed by atoms with E-state index in [1.165, 1.54) is 49.9 Å². The van der Waals surface area contributed by atoms with E-state index in [2.05, 4.69) is 4.74 Å². The zero-order valence-corrected chi connectivity index (χ0v) is 17.0. The zero-order valence-electron chi connectivity index (χ0n) is 16.2. The Labute approximate surface area is 165 Å². The fraction of sp³-hybridized carbons (Fsp3) is 0.250. The Kier molecular flexibility index (Phi) is 7.06. The van der Waals surface area contributed by atoms with E-state index in [1.54, 1.807) is 37.3 Å². The Morgan fingerprint density at radius 1 is 1.04 bits per heavy atom. The van der Waals surface area contributed by atoms with Crippen molar-refractivity contribution in [1.29, 1.82) is 0 Å². The second-order valence-corrected chi connectivity index (χ2v) is 7.50. The third-order valence-electron chi connectivity index (χ3n) is 4.00. The topological polar surface area (TPSA) is 82.1 Å². The highest BCUT2D eigenvalue weighted by atomic mass is 32.2. The Morgan fingerprint density at radius 3 is 2.36 bits per heavy atom. The number of hydrogen-bond donors (Lipinski definition) is 0. The quantitative estimate of drug-likeness (QED) is 0.496. The maximum atomic E-state index is 13.2. The van der Waals surface area contributed by atoms with Gasteiger partial charge in [-0.3, -0.25) is 4.31 Å². The van der Waals surface area contributed by atoms with E-state index in [1.807, 2.05) is 0 Å². The van der Waals surface area contributed by atoms with E-state index in [9.17, 15) is 13.2 Å². The maximum absolute atomic E-state index is 13.2. The molecule has 2 aromatic carbocycles. The minimum Gasteiger partial charge on any atom is -0.493 e. The molecule has 2 rings (SSSR count). The molecule has 8 heteroatoms. The van der Waals surface area contributed by atoms with E-state index in [0.717, 1.165) is 0 Å². The summed E-state index contributed by atoms with van der Waals surface area (Å²) < 4.78 is 42.7. The molecule has 0 saturated heterocycles. The lowest BCUT2D eigenvalue weighted by Gasteiger charge is -2.24. The molecule has 0 aliphatic carbocycles. The minimum absolute atomic E-state index is 0.108. The minimum atomic E-state index is -3.83. The smallest absolute Gasteiger partial charge is 0.330 e. The van der Waals surface area contributed by atoms with Gasteiger partial charge in [-0.2, -0.15) is 0 Å². The van der Waals surface area contributed by atoms with Crippen molar-refractivity contribution in [3.8, 4) is 11.5 Å². The van der Waals surface area contributed by atoms with Crippen LogP contribution in [0.1, 0.15) is 12.5 Å². The standard InChI is InChI=1S/C20H23NO6S/c1-5-21(16-10-11-18(25-2)19(14-16)26-3)28(23,24)17-8-6-7-15(13-17)9-12-20(22)27-4/h6-14H,5H2,1-4H3. The van der Waals surface area contributed by atoms with Gasteiger partial charge in [0.15, 0.2) is 11.5 Å². The number of carbonyl (C=O) groups excluding carboxylic acids is 1. The number of anilines is 1. The summed E-state index contributed by atoms with van der Waals surface area (Å²) in [7, 11) is 0.448. The van der Waals surface area contributed by atoms with Gasteiger partial charge in [0.25, 0.3) is 10.0 Å². The van der Waals surface area contributed by atoms with Crippen LogP contribution in [0, 0.1) is 0 Å². The van der Waals surface area contributed by atoms with Crippen molar-refractivity contribution < 1.29 is 27.4 Å². The Bertz CT molecular complexity index is 968. The number of nitrogens with zero attached hydrogens (tertiary/aromatic N) is 1. The molecular formula is C20H23NO6S. The number of hydrogen-bond acceptors (Lipinski definition) is 6. The average molecular weight is 405 g/mol. The zero-order chi connectivity index (χ0) is 20.7. The number of esters is 1. The molecule has 0 unspecified atom stereocenters. The van der Waals surface area contributed by atoms with Crippen molar-refractivity contribution in [3.05, 3.63) is 54.1 Å². The summed E-state index contributed by atoms with van der Waals surface area (Å²) in [6.45, 7) is 1.97. The van der Waals surface area contributed by atoms with E-state index in [-0.39, 0.29) is 11.4 Å². The maximum Gasteiger partial charge on any atom is 0.330 e. The van der Waals surface area contributed by atoms with Crippen LogP contribution in [0.25, 0.3) is 6.08 Å². The van der Waals surface area contributed by atoms with Crippen molar-refractivity contribution in [1.82, 2.24) is 0 Å². The highest BCUT2D eigenvalue weighted by molar-refractivity contribution is 7.92. The summed E-state index contributed by atoms with van der Waals surface area (Å²) in [6, 6.07) is 11.2. The van der Waals surface area contributed by atoms with Gasteiger partial charge in [0, 0.05) is 18.7 Å². The van der Waals surface area contributed by atoms with Crippen LogP contribution in [0.2, 0.25) is 0 Å². The molecule has 0 fully saturated rings. The Balaban J connectivity index is 2.44. The van der Waals surface area contributed by atoms with Crippen molar-refractivity contribution in [2.75, 3.05) is 32.2 Å². The number of methoxy groups -OCH3 is 3. The SMILES string of the molecule is CCN(c1ccc(OC)c(OC)c1)S(=O)(=O)c1cccc(C=CC(=O)OC)c1. The molecular weight excluding hydrogens is 382 g/mol. The lowest BCUT2D eigenvalue weighted by molar-refractivity contribution is -0.134. The second kappa shape index (κ2) is 9.27. The lowest BCUT2D eigenvalue weighted by Crippen LogP contribution is -2.30. The molecule has 0 radical (unpaired) electrons. The second-order valence-electron chi connectivity index (χ2n) is 5.64. The third-order valence-corrected chi connectivity index (χ3v) is 5.90. The number of ether oxygens (including phenoxy) is 3. The van der Waals surface area contributed by atoms with Gasteiger partial charge >= 0.3 is 5.97 Å². The Hall–Kier alpha value is -3.00. The number of rotatable bonds is 8. The van der Waals surface area contributed by atoms with Crippen LogP contribution in [-0.2, 0) is 19.6 Å². The monoisotopic (exact) mass is 405 g/mol. The molecule has 0 N–H and O–H groups in total. The van der Waals surface area contributed by atoms with Gasteiger partial charge in [-0.05, 0) is 42.8 Å². The normalized spacial score (nSPS) is 11.3. The van der Waals surface area contributed by atoms with Crippen molar-refractivity contribution in [2.45, 2.75) is 11.8 Å². The molecule has 0 amide bonds. The van der Waals surface area contributed by atoms with Gasteiger partial charge in [-0.1, -0.05) is 12.1 Å². The summed E-state index contributed by atoms with van der Waals surface area (Å²) in [5.41, 5.74) is 1.02. The van der Waals surface area contributed by atoms with E-state index < -0.39 is 16.0 Å². The molecule has 0 atom stereocenters. The summed E-state index contributed by atoms with van der Waals surface area (Å²) in [6.07, 6.45) is 2.73. The van der Waals surface area contributed by atoms with Gasteiger partial charge in [0.05, 0.1) is 31.9 Å². The first-order chi connectivity index (χ1) is 13.4. The van der Waals surface area contributed by atoms with Gasteiger partial charge in [-0.25, -0.2) is 13.2 Å². The highest BCUT2D eigenvalue weighted by Gasteiger charge is 2.24. The van der Waals surface area contributed by atoms with Gasteiger partial charge in [0.2, 0.25) is 0 Å². The van der Waals surface area contributed by atoms with Gasteiger partial charge in [0.1, 0.15) is 0 Å². The molecule has 7 nitrogen and oxygen atoms in total. The number of benzene rings is 2. The third kappa shape index (κ3) is 4.64. The first kappa shape index (κ1) is 21.3. The van der Waals surface area contributed by atoms with Gasteiger partial charge in [-0.15, -0.1) is 0 Å². The summed E-state index contributed by atoms with van der Waals surface area (Å²) in [4.78, 5) is 11.4. The van der Waals surface area contributed by atoms with Gasteiger partial charge < -0.3 is 14.2 Å². The molecule has 0 spiro atoms. The first-order valence-corrected chi connectivity index (χ1v) is 9.92. The number of sulfonamides is 1. The summed E-state index contributed by atoms with van der Waals surface area (Å²) >= 11 is 0. The van der Waals surface area contributed by atoms with Crippen LogP contribution in [0.3, 0.4) is 0 Å². The molecule has 0 aliphatic rings. The first-order valence-electron chi connectivity index (χ1n) is 8.48. The molecule has 0 bridgehead atoms. The molecule has 28 heavy (non-hydrogen) atoms. The highest BCUT2D eigenvalue weighted by Crippen LogP contribution is 2.33. The summed E-state index contributed by atoms with van der Waals surface area (Å²) in [5, 5.41) is 0. The molecule has 150 valence electrons. The Morgan fingerprint density at radius 2 is 1.75 bits per heavy atom. The average Bonchev–Trinajstić information content (AvgIpc) is 2.72.